The van der Waals surface area contributed by atoms with Crippen LogP contribution in [0.25, 0.3) is 11.5 Å². The first-order valence-electron chi connectivity index (χ1n) is 6.09. The summed E-state index contributed by atoms with van der Waals surface area (Å²) in [7, 11) is 0. The number of aromatic nitrogens is 3. The van der Waals surface area contributed by atoms with Crippen LogP contribution in [0.3, 0.4) is 0 Å². The van der Waals surface area contributed by atoms with Gasteiger partial charge in [0.2, 0.25) is 0 Å². The second-order valence-corrected chi connectivity index (χ2v) is 4.81. The van der Waals surface area contributed by atoms with Crippen molar-refractivity contribution >= 4 is 11.6 Å². The van der Waals surface area contributed by atoms with Gasteiger partial charge in [-0.05, 0) is 43.3 Å². The van der Waals surface area contributed by atoms with Crippen LogP contribution in [0.4, 0.5) is 0 Å². The number of nitriles is 1. The molecule has 0 atom stereocenters. The number of hydrogen-bond donors (Lipinski definition) is 0. The Balaban J connectivity index is 2.26. The second-order valence-electron chi connectivity index (χ2n) is 4.37. The van der Waals surface area contributed by atoms with E-state index in [1.165, 1.54) is 0 Å². The van der Waals surface area contributed by atoms with E-state index >= 15 is 0 Å². The maximum Gasteiger partial charge on any atom is 0.158 e. The second kappa shape index (κ2) is 4.87. The molecule has 2 heterocycles. The molecule has 0 bridgehead atoms. The van der Waals surface area contributed by atoms with Gasteiger partial charge >= 0.3 is 0 Å². The molecule has 20 heavy (non-hydrogen) atoms. The minimum Gasteiger partial charge on any atom is -0.307 e. The molecule has 0 radical (unpaired) electrons. The predicted octanol–water partition coefficient (Wildman–Crippen LogP) is 3.50. The Morgan fingerprint density at radius 3 is 2.40 bits per heavy atom. The Labute approximate surface area is 121 Å². The Bertz CT molecular complexity index is 777. The van der Waals surface area contributed by atoms with Gasteiger partial charge in [-0.2, -0.15) is 10.4 Å². The number of nitrogens with zero attached hydrogens (tertiary/aromatic N) is 4. The van der Waals surface area contributed by atoms with E-state index in [0.717, 1.165) is 11.5 Å². The summed E-state index contributed by atoms with van der Waals surface area (Å²) in [6, 6.07) is 13.4. The molecule has 0 N–H and O–H groups in total. The van der Waals surface area contributed by atoms with Gasteiger partial charge in [-0.25, -0.2) is 4.68 Å². The minimum atomic E-state index is 0.566. The summed E-state index contributed by atoms with van der Waals surface area (Å²) in [5.41, 5.74) is 2.13. The molecule has 0 spiro atoms. The molecule has 0 aliphatic carbocycles. The third kappa shape index (κ3) is 1.98. The number of hydrogen-bond acceptors (Lipinski definition) is 2. The third-order valence-electron chi connectivity index (χ3n) is 3.07. The zero-order valence-electron chi connectivity index (χ0n) is 10.8. The summed E-state index contributed by atoms with van der Waals surface area (Å²) in [6.07, 6.45) is 3.79. The van der Waals surface area contributed by atoms with Crippen molar-refractivity contribution in [3.05, 3.63) is 65.1 Å². The van der Waals surface area contributed by atoms with Crippen molar-refractivity contribution < 1.29 is 0 Å². The van der Waals surface area contributed by atoms with Gasteiger partial charge in [-0.1, -0.05) is 11.6 Å². The van der Waals surface area contributed by atoms with Gasteiger partial charge < -0.3 is 4.57 Å². The normalized spacial score (nSPS) is 10.4. The van der Waals surface area contributed by atoms with Crippen molar-refractivity contribution in [3.63, 3.8) is 0 Å². The van der Waals surface area contributed by atoms with Crippen LogP contribution >= 0.6 is 11.6 Å². The average Bonchev–Trinajstić information content (AvgIpc) is 3.06. The lowest BCUT2D eigenvalue weighted by atomic mass is 10.2. The van der Waals surface area contributed by atoms with Crippen LogP contribution in [-0.2, 0) is 0 Å². The van der Waals surface area contributed by atoms with Crippen molar-refractivity contribution in [3.8, 4) is 17.6 Å². The predicted molar refractivity (Wildman–Crippen MR) is 77.4 cm³/mol. The smallest absolute Gasteiger partial charge is 0.158 e. The van der Waals surface area contributed by atoms with Crippen LogP contribution in [0.15, 0.2) is 48.8 Å². The monoisotopic (exact) mass is 282 g/mol. The van der Waals surface area contributed by atoms with Crippen molar-refractivity contribution in [2.75, 3.05) is 0 Å². The zero-order valence-corrected chi connectivity index (χ0v) is 11.5. The highest BCUT2D eigenvalue weighted by Gasteiger charge is 2.17. The number of rotatable bonds is 2. The van der Waals surface area contributed by atoms with Crippen molar-refractivity contribution in [2.45, 2.75) is 6.92 Å². The highest BCUT2D eigenvalue weighted by Crippen LogP contribution is 2.23. The lowest BCUT2D eigenvalue weighted by Crippen LogP contribution is -2.05. The molecule has 0 aliphatic heterocycles. The van der Waals surface area contributed by atoms with Crippen LogP contribution in [0.2, 0.25) is 5.02 Å². The summed E-state index contributed by atoms with van der Waals surface area (Å²) in [5.74, 6) is 0.734. The highest BCUT2D eigenvalue weighted by atomic mass is 35.5. The molecule has 1 aromatic carbocycles. The van der Waals surface area contributed by atoms with Gasteiger partial charge in [0.25, 0.3) is 0 Å². The van der Waals surface area contributed by atoms with Gasteiger partial charge in [0.15, 0.2) is 5.82 Å². The Hall–Kier alpha value is -2.51. The Kier molecular flexibility index (Phi) is 3.05. The fraction of sp³-hybridized carbons (Fsp3) is 0.0667. The molecule has 3 rings (SSSR count). The summed E-state index contributed by atoms with van der Waals surface area (Å²) in [4.78, 5) is 0. The lowest BCUT2D eigenvalue weighted by Gasteiger charge is -2.08. The third-order valence-corrected chi connectivity index (χ3v) is 3.32. The van der Waals surface area contributed by atoms with Crippen LogP contribution in [0.5, 0.6) is 0 Å². The molecular formula is C15H11ClN4. The van der Waals surface area contributed by atoms with Crippen molar-refractivity contribution in [1.82, 2.24) is 14.3 Å². The Morgan fingerprint density at radius 2 is 1.80 bits per heavy atom. The molecule has 5 heteroatoms. The van der Waals surface area contributed by atoms with Gasteiger partial charge in [0.1, 0.15) is 11.6 Å². The van der Waals surface area contributed by atoms with E-state index in [4.69, 9.17) is 11.6 Å². The van der Waals surface area contributed by atoms with Crippen LogP contribution in [0, 0.1) is 18.3 Å². The fourth-order valence-electron chi connectivity index (χ4n) is 2.12. The molecule has 0 fully saturated rings. The fourth-order valence-corrected chi connectivity index (χ4v) is 2.25. The molecular weight excluding hydrogens is 272 g/mol. The zero-order chi connectivity index (χ0) is 14.1. The van der Waals surface area contributed by atoms with E-state index in [1.807, 2.05) is 48.1 Å². The minimum absolute atomic E-state index is 0.566. The molecule has 0 amide bonds. The number of aryl methyl sites for hydroxylation is 1. The van der Waals surface area contributed by atoms with E-state index in [-0.39, 0.29) is 0 Å². The van der Waals surface area contributed by atoms with Gasteiger partial charge in [-0.15, -0.1) is 0 Å². The highest BCUT2D eigenvalue weighted by molar-refractivity contribution is 6.30. The first-order valence-corrected chi connectivity index (χ1v) is 6.47. The quantitative estimate of drug-likeness (QED) is 0.722. The van der Waals surface area contributed by atoms with Crippen LogP contribution in [-0.4, -0.2) is 14.3 Å². The molecule has 0 saturated heterocycles. The molecule has 2 aromatic heterocycles. The SMILES string of the molecule is Cc1nn(-c2ccc(Cl)cc2)c(-n2cccc2)c1C#N. The van der Waals surface area contributed by atoms with E-state index < -0.39 is 0 Å². The van der Waals surface area contributed by atoms with Gasteiger partial charge in [0.05, 0.1) is 11.4 Å². The van der Waals surface area contributed by atoms with E-state index in [9.17, 15) is 5.26 Å². The standard InChI is InChI=1S/C15H11ClN4/c1-11-14(10-17)15(19-8-2-3-9-19)20(18-11)13-6-4-12(16)5-7-13/h2-9H,1H3. The summed E-state index contributed by atoms with van der Waals surface area (Å²) in [5, 5.41) is 14.5. The van der Waals surface area contributed by atoms with Crippen LogP contribution < -0.4 is 0 Å². The molecule has 3 aromatic rings. The maximum absolute atomic E-state index is 9.36. The first-order chi connectivity index (χ1) is 9.70. The maximum atomic E-state index is 9.36. The summed E-state index contributed by atoms with van der Waals surface area (Å²) >= 11 is 5.92. The molecule has 4 nitrogen and oxygen atoms in total. The van der Waals surface area contributed by atoms with E-state index in [0.29, 0.717) is 16.3 Å². The largest absolute Gasteiger partial charge is 0.307 e. The van der Waals surface area contributed by atoms with E-state index in [1.54, 1.807) is 16.8 Å². The number of halogens is 1. The van der Waals surface area contributed by atoms with E-state index in [2.05, 4.69) is 11.2 Å². The average molecular weight is 283 g/mol. The topological polar surface area (TPSA) is 46.5 Å². The van der Waals surface area contributed by atoms with Gasteiger partial charge in [-0.3, -0.25) is 0 Å². The molecule has 0 aliphatic rings. The summed E-state index contributed by atoms with van der Waals surface area (Å²) in [6.45, 7) is 1.83. The summed E-state index contributed by atoms with van der Waals surface area (Å²) < 4.78 is 3.64. The first kappa shape index (κ1) is 12.5. The van der Waals surface area contributed by atoms with Crippen LogP contribution in [0.1, 0.15) is 11.3 Å². The molecule has 0 saturated carbocycles. The van der Waals surface area contributed by atoms with Crippen molar-refractivity contribution in [2.24, 2.45) is 0 Å². The molecule has 0 unspecified atom stereocenters. The van der Waals surface area contributed by atoms with Crippen molar-refractivity contribution in [1.29, 1.82) is 5.26 Å². The molecule has 98 valence electrons. The lowest BCUT2D eigenvalue weighted by molar-refractivity contribution is 0.814. The number of benzene rings is 1. The van der Waals surface area contributed by atoms with Gasteiger partial charge in [0, 0.05) is 17.4 Å². The Morgan fingerprint density at radius 1 is 1.15 bits per heavy atom.